The first-order chi connectivity index (χ1) is 8.38. The van der Waals surface area contributed by atoms with Gasteiger partial charge < -0.3 is 9.84 Å². The molecule has 108 valence electrons. The first-order valence-electron chi connectivity index (χ1n) is 6.85. The molecular formula is C14H29NO3. The molecule has 4 heteroatoms. The van der Waals surface area contributed by atoms with Gasteiger partial charge >= 0.3 is 5.97 Å². The lowest BCUT2D eigenvalue weighted by atomic mass is 9.89. The largest absolute Gasteiger partial charge is 0.481 e. The van der Waals surface area contributed by atoms with E-state index < -0.39 is 11.4 Å². The van der Waals surface area contributed by atoms with Gasteiger partial charge in [-0.3, -0.25) is 9.69 Å². The minimum atomic E-state index is -0.723. The van der Waals surface area contributed by atoms with Crippen LogP contribution in [0.15, 0.2) is 0 Å². The van der Waals surface area contributed by atoms with Crippen LogP contribution >= 0.6 is 0 Å². The minimum Gasteiger partial charge on any atom is -0.481 e. The molecule has 0 unspecified atom stereocenters. The van der Waals surface area contributed by atoms with E-state index in [2.05, 4.69) is 18.7 Å². The molecule has 0 bridgehead atoms. The van der Waals surface area contributed by atoms with Crippen molar-refractivity contribution in [3.05, 3.63) is 0 Å². The third-order valence-corrected chi connectivity index (χ3v) is 3.64. The molecule has 0 aromatic rings. The van der Waals surface area contributed by atoms with Crippen LogP contribution in [0.4, 0.5) is 0 Å². The number of ether oxygens (including phenoxy) is 1. The van der Waals surface area contributed by atoms with Crippen molar-refractivity contribution in [1.82, 2.24) is 4.90 Å². The highest BCUT2D eigenvalue weighted by atomic mass is 16.5. The highest BCUT2D eigenvalue weighted by molar-refractivity contribution is 5.73. The Kier molecular flexibility index (Phi) is 8.20. The Labute approximate surface area is 111 Å². The fourth-order valence-electron chi connectivity index (χ4n) is 2.02. The fraction of sp³-hybridized carbons (Fsp3) is 0.929. The number of aliphatic carboxylic acids is 1. The van der Waals surface area contributed by atoms with E-state index >= 15 is 0 Å². The lowest BCUT2D eigenvalue weighted by molar-refractivity contribution is -0.147. The molecule has 0 aliphatic heterocycles. The molecule has 1 N–H and O–H groups in total. The van der Waals surface area contributed by atoms with E-state index in [4.69, 9.17) is 9.84 Å². The average Bonchev–Trinajstić information content (AvgIpc) is 2.32. The molecule has 4 nitrogen and oxygen atoms in total. The van der Waals surface area contributed by atoms with Crippen molar-refractivity contribution >= 4 is 5.97 Å². The summed E-state index contributed by atoms with van der Waals surface area (Å²) in [5.74, 6) is -0.723. The Morgan fingerprint density at radius 3 is 2.22 bits per heavy atom. The van der Waals surface area contributed by atoms with Gasteiger partial charge in [-0.25, -0.2) is 0 Å². The monoisotopic (exact) mass is 259 g/mol. The first kappa shape index (κ1) is 17.4. The Bertz CT molecular complexity index is 237. The van der Waals surface area contributed by atoms with E-state index in [9.17, 15) is 4.79 Å². The van der Waals surface area contributed by atoms with Crippen LogP contribution in [0, 0.1) is 5.41 Å². The number of rotatable bonds is 10. The third-order valence-electron chi connectivity index (χ3n) is 3.64. The van der Waals surface area contributed by atoms with Crippen LogP contribution in [0.1, 0.15) is 47.0 Å². The molecule has 18 heavy (non-hydrogen) atoms. The summed E-state index contributed by atoms with van der Waals surface area (Å²) in [6.07, 6.45) is 2.85. The predicted molar refractivity (Wildman–Crippen MR) is 73.9 cm³/mol. The highest BCUT2D eigenvalue weighted by Gasteiger charge is 2.28. The van der Waals surface area contributed by atoms with Gasteiger partial charge in [-0.05, 0) is 39.7 Å². The molecule has 0 spiro atoms. The SMILES string of the molecule is CCC(CC)N(CCOC)CCC(C)(C)C(=O)O. The van der Waals surface area contributed by atoms with E-state index in [0.29, 0.717) is 19.1 Å². The van der Waals surface area contributed by atoms with Crippen LogP contribution in [-0.2, 0) is 9.53 Å². The van der Waals surface area contributed by atoms with Crippen LogP contribution < -0.4 is 0 Å². The van der Waals surface area contributed by atoms with E-state index in [0.717, 1.165) is 25.9 Å². The minimum absolute atomic E-state index is 0.518. The van der Waals surface area contributed by atoms with Gasteiger partial charge in [0.1, 0.15) is 0 Å². The molecule has 0 radical (unpaired) electrons. The second kappa shape index (κ2) is 8.48. The number of hydrogen-bond acceptors (Lipinski definition) is 3. The zero-order valence-corrected chi connectivity index (χ0v) is 12.5. The first-order valence-corrected chi connectivity index (χ1v) is 6.85. The van der Waals surface area contributed by atoms with Gasteiger partial charge in [0.25, 0.3) is 0 Å². The van der Waals surface area contributed by atoms with Crippen molar-refractivity contribution < 1.29 is 14.6 Å². The molecule has 0 aliphatic rings. The summed E-state index contributed by atoms with van der Waals surface area (Å²) in [6.45, 7) is 10.3. The standard InChI is InChI=1S/C14H29NO3/c1-6-12(7-2)15(10-11-18-5)9-8-14(3,4)13(16)17/h12H,6-11H2,1-5H3,(H,16,17). The zero-order valence-electron chi connectivity index (χ0n) is 12.5. The maximum atomic E-state index is 11.1. The van der Waals surface area contributed by atoms with E-state index in [1.54, 1.807) is 21.0 Å². The molecular weight excluding hydrogens is 230 g/mol. The summed E-state index contributed by atoms with van der Waals surface area (Å²) in [5, 5.41) is 9.14. The Balaban J connectivity index is 4.44. The smallest absolute Gasteiger partial charge is 0.309 e. The number of hydrogen-bond donors (Lipinski definition) is 1. The third kappa shape index (κ3) is 5.83. The van der Waals surface area contributed by atoms with Crippen LogP contribution in [-0.4, -0.2) is 48.8 Å². The quantitative estimate of drug-likeness (QED) is 0.655. The van der Waals surface area contributed by atoms with Gasteiger partial charge in [0, 0.05) is 19.7 Å². The van der Waals surface area contributed by atoms with Gasteiger partial charge in [0.15, 0.2) is 0 Å². The van der Waals surface area contributed by atoms with Gasteiger partial charge in [0.2, 0.25) is 0 Å². The maximum absolute atomic E-state index is 11.1. The van der Waals surface area contributed by atoms with E-state index in [1.807, 2.05) is 0 Å². The number of methoxy groups -OCH3 is 1. The van der Waals surface area contributed by atoms with Gasteiger partial charge in [-0.2, -0.15) is 0 Å². The lowest BCUT2D eigenvalue weighted by Gasteiger charge is -2.32. The van der Waals surface area contributed by atoms with Crippen molar-refractivity contribution in [3.63, 3.8) is 0 Å². The van der Waals surface area contributed by atoms with Gasteiger partial charge in [-0.15, -0.1) is 0 Å². The summed E-state index contributed by atoms with van der Waals surface area (Å²) in [5.41, 5.74) is -0.655. The van der Waals surface area contributed by atoms with Crippen LogP contribution in [0.3, 0.4) is 0 Å². The lowest BCUT2D eigenvalue weighted by Crippen LogP contribution is -2.40. The maximum Gasteiger partial charge on any atom is 0.309 e. The molecule has 0 aromatic carbocycles. The Morgan fingerprint density at radius 1 is 1.28 bits per heavy atom. The topological polar surface area (TPSA) is 49.8 Å². The van der Waals surface area contributed by atoms with E-state index in [1.165, 1.54) is 0 Å². The fourth-order valence-corrected chi connectivity index (χ4v) is 2.02. The van der Waals surface area contributed by atoms with Crippen molar-refractivity contribution in [2.75, 3.05) is 26.8 Å². The van der Waals surface area contributed by atoms with Crippen LogP contribution in [0.2, 0.25) is 0 Å². The zero-order chi connectivity index (χ0) is 14.2. The van der Waals surface area contributed by atoms with Crippen LogP contribution in [0.5, 0.6) is 0 Å². The van der Waals surface area contributed by atoms with Crippen molar-refractivity contribution in [2.45, 2.75) is 53.0 Å². The molecule has 0 atom stereocenters. The van der Waals surface area contributed by atoms with Gasteiger partial charge in [-0.1, -0.05) is 13.8 Å². The normalized spacial score (nSPS) is 12.4. The summed E-state index contributed by atoms with van der Waals surface area (Å²) >= 11 is 0. The molecule has 0 heterocycles. The van der Waals surface area contributed by atoms with E-state index in [-0.39, 0.29) is 0 Å². The molecule has 0 rings (SSSR count). The second-order valence-electron chi connectivity index (χ2n) is 5.44. The predicted octanol–water partition coefficient (Wildman–Crippen LogP) is 2.62. The summed E-state index contributed by atoms with van der Waals surface area (Å²) < 4.78 is 5.13. The van der Waals surface area contributed by atoms with Crippen molar-refractivity contribution in [1.29, 1.82) is 0 Å². The number of carboxylic acid groups (broad SMARTS) is 1. The molecule has 0 saturated carbocycles. The Hall–Kier alpha value is -0.610. The second-order valence-corrected chi connectivity index (χ2v) is 5.44. The number of carbonyl (C=O) groups is 1. The van der Waals surface area contributed by atoms with Crippen molar-refractivity contribution in [2.24, 2.45) is 5.41 Å². The van der Waals surface area contributed by atoms with Crippen LogP contribution in [0.25, 0.3) is 0 Å². The highest BCUT2D eigenvalue weighted by Crippen LogP contribution is 2.22. The molecule has 0 fully saturated rings. The summed E-state index contributed by atoms with van der Waals surface area (Å²) in [7, 11) is 1.70. The van der Waals surface area contributed by atoms with Crippen molar-refractivity contribution in [3.8, 4) is 0 Å². The molecule has 0 aliphatic carbocycles. The number of nitrogens with zero attached hydrogens (tertiary/aromatic N) is 1. The Morgan fingerprint density at radius 2 is 1.83 bits per heavy atom. The molecule has 0 aromatic heterocycles. The summed E-state index contributed by atoms with van der Waals surface area (Å²) in [4.78, 5) is 13.5. The van der Waals surface area contributed by atoms with Gasteiger partial charge in [0.05, 0.1) is 12.0 Å². The average molecular weight is 259 g/mol. The number of carboxylic acids is 1. The summed E-state index contributed by atoms with van der Waals surface area (Å²) in [6, 6.07) is 0.518. The molecule has 0 saturated heterocycles. The molecule has 0 amide bonds.